The topological polar surface area (TPSA) is 79.2 Å². The van der Waals surface area contributed by atoms with E-state index in [1.807, 2.05) is 0 Å². The van der Waals surface area contributed by atoms with Gasteiger partial charge in [-0.2, -0.15) is 0 Å². The van der Waals surface area contributed by atoms with Crippen LogP contribution in [0.3, 0.4) is 0 Å². The van der Waals surface area contributed by atoms with Gasteiger partial charge < -0.3 is 24.8 Å². The van der Waals surface area contributed by atoms with Gasteiger partial charge in [-0.05, 0) is 18.6 Å². The molecule has 1 heterocycles. The zero-order valence-corrected chi connectivity index (χ0v) is 19.9. The van der Waals surface area contributed by atoms with E-state index in [-0.39, 0.29) is 13.2 Å². The van der Waals surface area contributed by atoms with Crippen LogP contribution < -0.4 is 0 Å². The molecular weight excluding hydrogens is 400 g/mol. The molecule has 0 aliphatic carbocycles. The van der Waals surface area contributed by atoms with Gasteiger partial charge >= 0.3 is 0 Å². The van der Waals surface area contributed by atoms with Gasteiger partial charge in [0.05, 0.1) is 13.2 Å². The van der Waals surface area contributed by atoms with Crippen molar-refractivity contribution in [1.29, 1.82) is 0 Å². The second-order valence-electron chi connectivity index (χ2n) is 8.77. The third-order valence-corrected chi connectivity index (χ3v) is 6.30. The Balaban J connectivity index is 1.90. The summed E-state index contributed by atoms with van der Waals surface area (Å²) >= 11 is 5.27. The predicted octanol–water partition coefficient (Wildman–Crippen LogP) is 5.07. The molecular formula is C24H46O5S. The summed E-state index contributed by atoms with van der Waals surface area (Å²) in [6.07, 6.45) is 17.1. The van der Waals surface area contributed by atoms with E-state index in [9.17, 15) is 15.3 Å². The highest BCUT2D eigenvalue weighted by Crippen LogP contribution is 2.21. The maximum Gasteiger partial charge on any atom is 0.160 e. The average Bonchev–Trinajstić information content (AvgIpc) is 3.07. The first-order valence-electron chi connectivity index (χ1n) is 12.4. The standard InChI is InChI=1S/C24H46O5S/c1-2-3-4-5-6-7-8-9-10-11-12-13-14-15-16-17-22(30)29-21(18-25)24-23(27)20(26)19-28-24/h20-21,23-27H,2-19H2,1H3/t20-,21+,23+,24+/m1/s1. The van der Waals surface area contributed by atoms with Gasteiger partial charge in [0, 0.05) is 6.42 Å². The zero-order valence-electron chi connectivity index (χ0n) is 19.1. The van der Waals surface area contributed by atoms with Gasteiger partial charge in [0.2, 0.25) is 0 Å². The normalized spacial score (nSPS) is 22.3. The first-order valence-corrected chi connectivity index (χ1v) is 12.8. The van der Waals surface area contributed by atoms with Crippen LogP contribution in [0.25, 0.3) is 0 Å². The van der Waals surface area contributed by atoms with Gasteiger partial charge in [-0.15, -0.1) is 0 Å². The molecule has 0 radical (unpaired) electrons. The van der Waals surface area contributed by atoms with E-state index >= 15 is 0 Å². The number of aliphatic hydroxyl groups excluding tert-OH is 3. The van der Waals surface area contributed by atoms with Crippen molar-refractivity contribution in [3.63, 3.8) is 0 Å². The summed E-state index contributed by atoms with van der Waals surface area (Å²) in [4.78, 5) is 0. The minimum absolute atomic E-state index is 0.0531. The van der Waals surface area contributed by atoms with E-state index in [1.54, 1.807) is 0 Å². The number of hydrogen-bond acceptors (Lipinski definition) is 6. The van der Waals surface area contributed by atoms with Crippen LogP contribution in [-0.2, 0) is 9.47 Å². The molecule has 1 aliphatic heterocycles. The molecule has 1 fully saturated rings. The van der Waals surface area contributed by atoms with Crippen molar-refractivity contribution >= 4 is 17.3 Å². The quantitative estimate of drug-likeness (QED) is 0.190. The second kappa shape index (κ2) is 18.3. The molecule has 178 valence electrons. The Hall–Kier alpha value is -0.270. The van der Waals surface area contributed by atoms with Crippen LogP contribution in [0.2, 0.25) is 0 Å². The molecule has 0 aromatic carbocycles. The Morgan fingerprint density at radius 2 is 1.33 bits per heavy atom. The molecule has 0 aromatic rings. The molecule has 0 aromatic heterocycles. The summed E-state index contributed by atoms with van der Waals surface area (Å²) in [7, 11) is 0. The highest BCUT2D eigenvalue weighted by atomic mass is 32.1. The van der Waals surface area contributed by atoms with Crippen molar-refractivity contribution < 1.29 is 24.8 Å². The van der Waals surface area contributed by atoms with E-state index in [0.717, 1.165) is 12.8 Å². The fourth-order valence-electron chi connectivity index (χ4n) is 4.03. The summed E-state index contributed by atoms with van der Waals surface area (Å²) in [5.41, 5.74) is 0. The number of rotatable bonds is 19. The summed E-state index contributed by atoms with van der Waals surface area (Å²) in [5.74, 6) is 0. The highest BCUT2D eigenvalue weighted by Gasteiger charge is 2.41. The zero-order chi connectivity index (χ0) is 22.0. The largest absolute Gasteiger partial charge is 0.479 e. The van der Waals surface area contributed by atoms with Crippen LogP contribution in [-0.4, -0.2) is 58.0 Å². The Labute approximate surface area is 189 Å². The van der Waals surface area contributed by atoms with Crippen LogP contribution in [0, 0.1) is 0 Å². The second-order valence-corrected chi connectivity index (χ2v) is 9.22. The molecule has 0 bridgehead atoms. The average molecular weight is 447 g/mol. The van der Waals surface area contributed by atoms with Gasteiger partial charge in [-0.3, -0.25) is 0 Å². The Morgan fingerprint density at radius 3 is 1.73 bits per heavy atom. The third-order valence-electron chi connectivity index (χ3n) is 6.00. The predicted molar refractivity (Wildman–Crippen MR) is 126 cm³/mol. The third kappa shape index (κ3) is 12.6. The number of hydrogen-bond donors (Lipinski definition) is 3. The molecule has 0 saturated carbocycles. The van der Waals surface area contributed by atoms with Gasteiger partial charge in [0.1, 0.15) is 18.3 Å². The number of ether oxygens (including phenoxy) is 2. The van der Waals surface area contributed by atoms with Crippen LogP contribution >= 0.6 is 12.2 Å². The molecule has 1 saturated heterocycles. The lowest BCUT2D eigenvalue weighted by atomic mass is 10.0. The first-order chi connectivity index (χ1) is 14.6. The Bertz CT molecular complexity index is 420. The maximum absolute atomic E-state index is 9.88. The lowest BCUT2D eigenvalue weighted by Gasteiger charge is -2.25. The van der Waals surface area contributed by atoms with Gasteiger partial charge in [0.15, 0.2) is 11.2 Å². The van der Waals surface area contributed by atoms with Crippen molar-refractivity contribution in [2.45, 2.75) is 134 Å². The lowest BCUT2D eigenvalue weighted by Crippen LogP contribution is -2.42. The molecule has 6 heteroatoms. The fourth-order valence-corrected chi connectivity index (χ4v) is 4.30. The van der Waals surface area contributed by atoms with Crippen molar-refractivity contribution in [3.8, 4) is 0 Å². The molecule has 30 heavy (non-hydrogen) atoms. The molecule has 4 atom stereocenters. The minimum atomic E-state index is -1.05. The maximum atomic E-state index is 9.88. The number of unbranched alkanes of at least 4 members (excludes halogenated alkanes) is 14. The van der Waals surface area contributed by atoms with E-state index in [0.29, 0.717) is 11.5 Å². The van der Waals surface area contributed by atoms with Crippen molar-refractivity contribution in [1.82, 2.24) is 0 Å². The van der Waals surface area contributed by atoms with E-state index in [2.05, 4.69) is 6.92 Å². The smallest absolute Gasteiger partial charge is 0.160 e. The summed E-state index contributed by atoms with van der Waals surface area (Å²) in [6, 6.07) is 0. The Morgan fingerprint density at radius 1 is 0.867 bits per heavy atom. The van der Waals surface area contributed by atoms with Gasteiger partial charge in [-0.25, -0.2) is 0 Å². The van der Waals surface area contributed by atoms with Crippen molar-refractivity contribution in [3.05, 3.63) is 0 Å². The molecule has 0 unspecified atom stereocenters. The molecule has 5 nitrogen and oxygen atoms in total. The van der Waals surface area contributed by atoms with Crippen LogP contribution in [0.5, 0.6) is 0 Å². The van der Waals surface area contributed by atoms with Crippen LogP contribution in [0.1, 0.15) is 110 Å². The minimum Gasteiger partial charge on any atom is -0.479 e. The Kier molecular flexibility index (Phi) is 17.0. The lowest BCUT2D eigenvalue weighted by molar-refractivity contribution is -0.0621. The summed E-state index contributed by atoms with van der Waals surface area (Å²) < 4.78 is 10.9. The van der Waals surface area contributed by atoms with E-state index < -0.39 is 24.4 Å². The van der Waals surface area contributed by atoms with E-state index in [4.69, 9.17) is 21.7 Å². The first kappa shape index (κ1) is 27.8. The van der Waals surface area contributed by atoms with E-state index in [1.165, 1.54) is 83.5 Å². The van der Waals surface area contributed by atoms with Gasteiger partial charge in [0.25, 0.3) is 0 Å². The molecule has 3 N–H and O–H groups in total. The number of thiocarbonyl (C=S) groups is 1. The molecule has 1 aliphatic rings. The number of aliphatic hydroxyl groups is 3. The fraction of sp³-hybridized carbons (Fsp3) is 0.958. The van der Waals surface area contributed by atoms with Crippen molar-refractivity contribution in [2.24, 2.45) is 0 Å². The molecule has 0 spiro atoms. The highest BCUT2D eigenvalue weighted by molar-refractivity contribution is 7.80. The SMILES string of the molecule is CCCCCCCCCCCCCCCCCC(=S)O[C@@H](CO)[C@@H]1OC[C@@H](O)[C@@H]1O. The van der Waals surface area contributed by atoms with Crippen molar-refractivity contribution in [2.75, 3.05) is 13.2 Å². The molecule has 0 amide bonds. The summed E-state index contributed by atoms with van der Waals surface area (Å²) in [5, 5.41) is 29.4. The molecule has 1 rings (SSSR count). The van der Waals surface area contributed by atoms with Gasteiger partial charge in [-0.1, -0.05) is 96.8 Å². The van der Waals surface area contributed by atoms with Crippen LogP contribution in [0.15, 0.2) is 0 Å². The monoisotopic (exact) mass is 446 g/mol. The summed E-state index contributed by atoms with van der Waals surface area (Å²) in [6.45, 7) is 2.02. The van der Waals surface area contributed by atoms with Crippen LogP contribution in [0.4, 0.5) is 0 Å².